The summed E-state index contributed by atoms with van der Waals surface area (Å²) in [7, 11) is 0. The van der Waals surface area contributed by atoms with E-state index >= 15 is 0 Å². The third-order valence-corrected chi connectivity index (χ3v) is 3.68. The van der Waals surface area contributed by atoms with Gasteiger partial charge in [0.2, 0.25) is 5.91 Å². The molecule has 1 aliphatic heterocycles. The van der Waals surface area contributed by atoms with Gasteiger partial charge in [0.25, 0.3) is 5.91 Å². The number of piperidine rings is 1. The minimum Gasteiger partial charge on any atom is -0.366 e. The zero-order valence-electron chi connectivity index (χ0n) is 11.6. The molecule has 1 aliphatic rings. The van der Waals surface area contributed by atoms with Crippen molar-refractivity contribution >= 4 is 11.8 Å². The molecule has 0 spiro atoms. The van der Waals surface area contributed by atoms with Crippen molar-refractivity contribution in [2.45, 2.75) is 38.3 Å². The molecule has 0 radical (unpaired) electrons. The maximum Gasteiger partial charge on any atom is 0.272 e. The van der Waals surface area contributed by atoms with Gasteiger partial charge in [-0.05, 0) is 38.3 Å². The van der Waals surface area contributed by atoms with Crippen LogP contribution in [0.5, 0.6) is 0 Å². The summed E-state index contributed by atoms with van der Waals surface area (Å²) in [5.41, 5.74) is 11.7. The van der Waals surface area contributed by atoms with Gasteiger partial charge in [-0.1, -0.05) is 0 Å². The number of carbonyl (C=O) groups is 2. The number of likely N-dealkylation sites (tertiary alicyclic amines) is 1. The molecule has 6 nitrogen and oxygen atoms in total. The average Bonchev–Trinajstić information content (AvgIpc) is 2.46. The van der Waals surface area contributed by atoms with Gasteiger partial charge >= 0.3 is 0 Å². The number of rotatable bonds is 3. The molecule has 6 heteroatoms. The highest BCUT2D eigenvalue weighted by Gasteiger charge is 2.30. The smallest absolute Gasteiger partial charge is 0.272 e. The van der Waals surface area contributed by atoms with Gasteiger partial charge in [-0.15, -0.1) is 0 Å². The van der Waals surface area contributed by atoms with E-state index in [9.17, 15) is 9.59 Å². The Morgan fingerprint density at radius 3 is 2.70 bits per heavy atom. The van der Waals surface area contributed by atoms with Crippen molar-refractivity contribution < 1.29 is 9.59 Å². The largest absolute Gasteiger partial charge is 0.366 e. The highest BCUT2D eigenvalue weighted by Crippen LogP contribution is 2.21. The Kier molecular flexibility index (Phi) is 4.34. The van der Waals surface area contributed by atoms with E-state index in [0.29, 0.717) is 17.8 Å². The zero-order valence-corrected chi connectivity index (χ0v) is 11.6. The second kappa shape index (κ2) is 6.00. The van der Waals surface area contributed by atoms with Gasteiger partial charge in [0.05, 0.1) is 5.56 Å². The van der Waals surface area contributed by atoms with E-state index < -0.39 is 5.91 Å². The normalized spacial score (nSPS) is 20.5. The molecule has 1 saturated heterocycles. The van der Waals surface area contributed by atoms with E-state index in [1.165, 1.54) is 18.3 Å². The van der Waals surface area contributed by atoms with Crippen molar-refractivity contribution in [3.63, 3.8) is 0 Å². The number of pyridine rings is 1. The molecule has 2 heterocycles. The van der Waals surface area contributed by atoms with Crippen LogP contribution in [0.15, 0.2) is 18.3 Å². The van der Waals surface area contributed by atoms with Crippen LogP contribution in [0.2, 0.25) is 0 Å². The topological polar surface area (TPSA) is 102 Å². The first kappa shape index (κ1) is 14.5. The predicted octanol–water partition coefficient (Wildman–Crippen LogP) is 0.522. The summed E-state index contributed by atoms with van der Waals surface area (Å²) in [4.78, 5) is 29.3. The molecule has 1 fully saturated rings. The van der Waals surface area contributed by atoms with Gasteiger partial charge in [0.1, 0.15) is 5.69 Å². The van der Waals surface area contributed by atoms with Gasteiger partial charge in [0, 0.05) is 24.8 Å². The van der Waals surface area contributed by atoms with Crippen molar-refractivity contribution in [1.82, 2.24) is 9.88 Å². The Bertz CT molecular complexity index is 498. The van der Waals surface area contributed by atoms with Crippen molar-refractivity contribution in [3.8, 4) is 0 Å². The van der Waals surface area contributed by atoms with Crippen LogP contribution in [-0.2, 0) is 0 Å². The van der Waals surface area contributed by atoms with Crippen LogP contribution in [0.3, 0.4) is 0 Å². The minimum atomic E-state index is -0.553. The van der Waals surface area contributed by atoms with Crippen LogP contribution in [-0.4, -0.2) is 40.3 Å². The van der Waals surface area contributed by atoms with Gasteiger partial charge in [0.15, 0.2) is 0 Å². The molecule has 1 aromatic rings. The molecule has 0 saturated carbocycles. The number of hydrogen-bond acceptors (Lipinski definition) is 4. The number of carbonyl (C=O) groups excluding carboxylic acids is 2. The van der Waals surface area contributed by atoms with Crippen LogP contribution in [0.25, 0.3) is 0 Å². The molecule has 2 atom stereocenters. The monoisotopic (exact) mass is 276 g/mol. The SMILES string of the molecule is C[C@H](N)[C@@H]1CCCCN1C(=O)c1ccc(C(N)=O)cn1. The maximum atomic E-state index is 12.5. The lowest BCUT2D eigenvalue weighted by Crippen LogP contribution is -2.51. The van der Waals surface area contributed by atoms with Crippen LogP contribution in [0.1, 0.15) is 47.0 Å². The van der Waals surface area contributed by atoms with Crippen LogP contribution in [0.4, 0.5) is 0 Å². The highest BCUT2D eigenvalue weighted by atomic mass is 16.2. The van der Waals surface area contributed by atoms with Crippen molar-refractivity contribution in [1.29, 1.82) is 0 Å². The third kappa shape index (κ3) is 2.96. The molecule has 20 heavy (non-hydrogen) atoms. The first-order valence-electron chi connectivity index (χ1n) is 6.83. The molecule has 0 aromatic carbocycles. The second-order valence-corrected chi connectivity index (χ2v) is 5.22. The standard InChI is InChI=1S/C14H20N4O2/c1-9(15)12-4-2-3-7-18(12)14(20)11-6-5-10(8-17-11)13(16)19/h5-6,8-9,12H,2-4,7,15H2,1H3,(H2,16,19)/t9-,12-/m0/s1. The van der Waals surface area contributed by atoms with Crippen LogP contribution >= 0.6 is 0 Å². The predicted molar refractivity (Wildman–Crippen MR) is 75.1 cm³/mol. The van der Waals surface area contributed by atoms with E-state index in [2.05, 4.69) is 4.98 Å². The van der Waals surface area contributed by atoms with Gasteiger partial charge in [-0.25, -0.2) is 0 Å². The second-order valence-electron chi connectivity index (χ2n) is 5.22. The summed E-state index contributed by atoms with van der Waals surface area (Å²) < 4.78 is 0. The fourth-order valence-electron chi connectivity index (χ4n) is 2.57. The number of aromatic nitrogens is 1. The lowest BCUT2D eigenvalue weighted by molar-refractivity contribution is 0.0577. The third-order valence-electron chi connectivity index (χ3n) is 3.68. The molecule has 2 amide bonds. The van der Waals surface area contributed by atoms with Crippen molar-refractivity contribution in [2.75, 3.05) is 6.54 Å². The number of amides is 2. The van der Waals surface area contributed by atoms with E-state index in [0.717, 1.165) is 19.3 Å². The summed E-state index contributed by atoms with van der Waals surface area (Å²) in [6.07, 6.45) is 4.32. The minimum absolute atomic E-state index is 0.0499. The van der Waals surface area contributed by atoms with E-state index in [-0.39, 0.29) is 18.0 Å². The molecule has 108 valence electrons. The molecule has 0 aliphatic carbocycles. The number of hydrogen-bond donors (Lipinski definition) is 2. The summed E-state index contributed by atoms with van der Waals surface area (Å²) in [5, 5.41) is 0. The summed E-state index contributed by atoms with van der Waals surface area (Å²) in [5.74, 6) is -0.689. The quantitative estimate of drug-likeness (QED) is 0.840. The molecule has 0 unspecified atom stereocenters. The lowest BCUT2D eigenvalue weighted by Gasteiger charge is -2.37. The van der Waals surface area contributed by atoms with E-state index in [4.69, 9.17) is 11.5 Å². The van der Waals surface area contributed by atoms with E-state index in [1.807, 2.05) is 6.92 Å². The molecular formula is C14H20N4O2. The number of nitrogens with two attached hydrogens (primary N) is 2. The molecular weight excluding hydrogens is 256 g/mol. The van der Waals surface area contributed by atoms with Gasteiger partial charge in [-0.2, -0.15) is 0 Å². The van der Waals surface area contributed by atoms with Gasteiger partial charge < -0.3 is 16.4 Å². The molecule has 4 N–H and O–H groups in total. The van der Waals surface area contributed by atoms with Crippen LogP contribution < -0.4 is 11.5 Å². The van der Waals surface area contributed by atoms with E-state index in [1.54, 1.807) is 4.90 Å². The molecule has 0 bridgehead atoms. The maximum absolute atomic E-state index is 12.5. The Labute approximate surface area is 118 Å². The van der Waals surface area contributed by atoms with Crippen molar-refractivity contribution in [2.24, 2.45) is 11.5 Å². The molecule has 2 rings (SSSR count). The fraction of sp³-hybridized carbons (Fsp3) is 0.500. The number of nitrogens with zero attached hydrogens (tertiary/aromatic N) is 2. The Hall–Kier alpha value is -1.95. The van der Waals surface area contributed by atoms with Crippen LogP contribution in [0, 0.1) is 0 Å². The fourth-order valence-corrected chi connectivity index (χ4v) is 2.57. The summed E-state index contributed by atoms with van der Waals surface area (Å²) in [6.45, 7) is 2.62. The first-order chi connectivity index (χ1) is 9.50. The van der Waals surface area contributed by atoms with Crippen molar-refractivity contribution in [3.05, 3.63) is 29.6 Å². The average molecular weight is 276 g/mol. The first-order valence-corrected chi connectivity index (χ1v) is 6.83. The highest BCUT2D eigenvalue weighted by molar-refractivity contribution is 5.95. The molecule has 1 aromatic heterocycles. The summed E-state index contributed by atoms with van der Waals surface area (Å²) >= 11 is 0. The lowest BCUT2D eigenvalue weighted by atomic mass is 9.96. The zero-order chi connectivity index (χ0) is 14.7. The Balaban J connectivity index is 2.18. The summed E-state index contributed by atoms with van der Waals surface area (Å²) in [6, 6.07) is 3.04. The Morgan fingerprint density at radius 2 is 2.15 bits per heavy atom. The van der Waals surface area contributed by atoms with Gasteiger partial charge in [-0.3, -0.25) is 14.6 Å². The Morgan fingerprint density at radius 1 is 1.40 bits per heavy atom. The number of primary amides is 1.